The number of nitrogens with zero attached hydrogens (tertiary/aromatic N) is 1. The fourth-order valence-electron chi connectivity index (χ4n) is 4.15. The van der Waals surface area contributed by atoms with Crippen molar-refractivity contribution in [1.82, 2.24) is 4.57 Å². The third-order valence-corrected chi connectivity index (χ3v) is 6.19. The molecule has 35 heavy (non-hydrogen) atoms. The van der Waals surface area contributed by atoms with Crippen molar-refractivity contribution in [3.8, 4) is 11.5 Å². The monoisotopic (exact) mass is 470 g/mol. The van der Waals surface area contributed by atoms with E-state index in [0.29, 0.717) is 29.7 Å². The molecule has 0 atom stereocenters. The van der Waals surface area contributed by atoms with E-state index in [0.717, 1.165) is 33.5 Å². The second-order valence-electron chi connectivity index (χ2n) is 8.70. The van der Waals surface area contributed by atoms with Crippen molar-refractivity contribution < 1.29 is 14.3 Å². The highest BCUT2D eigenvalue weighted by Crippen LogP contribution is 2.22. The SMILES string of the molecule is COc1ccc(CCc2cc3ccc(OC)cc3n(CC(=O)Nc3cc(C)ccc3C)c2=O)cc1. The lowest BCUT2D eigenvalue weighted by atomic mass is 10.0. The minimum Gasteiger partial charge on any atom is -0.497 e. The van der Waals surface area contributed by atoms with Crippen LogP contribution in [-0.2, 0) is 24.2 Å². The fourth-order valence-corrected chi connectivity index (χ4v) is 4.15. The summed E-state index contributed by atoms with van der Waals surface area (Å²) < 4.78 is 12.1. The predicted molar refractivity (Wildman–Crippen MR) is 140 cm³/mol. The van der Waals surface area contributed by atoms with Gasteiger partial charge in [0.15, 0.2) is 0 Å². The van der Waals surface area contributed by atoms with Crippen LogP contribution in [-0.4, -0.2) is 24.7 Å². The van der Waals surface area contributed by atoms with E-state index in [-0.39, 0.29) is 18.0 Å². The van der Waals surface area contributed by atoms with Crippen LogP contribution < -0.4 is 20.3 Å². The van der Waals surface area contributed by atoms with E-state index in [4.69, 9.17) is 9.47 Å². The van der Waals surface area contributed by atoms with Gasteiger partial charge in [0.1, 0.15) is 18.0 Å². The molecule has 0 aliphatic carbocycles. The van der Waals surface area contributed by atoms with Gasteiger partial charge in [0.2, 0.25) is 5.91 Å². The van der Waals surface area contributed by atoms with Gasteiger partial charge in [0.05, 0.1) is 19.7 Å². The van der Waals surface area contributed by atoms with Crippen LogP contribution in [0.4, 0.5) is 5.69 Å². The van der Waals surface area contributed by atoms with Crippen LogP contribution in [0.1, 0.15) is 22.3 Å². The van der Waals surface area contributed by atoms with Gasteiger partial charge in [-0.1, -0.05) is 24.3 Å². The first-order valence-corrected chi connectivity index (χ1v) is 11.6. The Morgan fingerprint density at radius 1 is 0.857 bits per heavy atom. The Kier molecular flexibility index (Phi) is 7.20. The van der Waals surface area contributed by atoms with E-state index in [2.05, 4.69) is 5.32 Å². The van der Waals surface area contributed by atoms with Crippen LogP contribution in [0.5, 0.6) is 11.5 Å². The number of benzene rings is 3. The van der Waals surface area contributed by atoms with E-state index in [1.54, 1.807) is 24.9 Å². The lowest BCUT2D eigenvalue weighted by molar-refractivity contribution is -0.116. The molecule has 1 amide bonds. The van der Waals surface area contributed by atoms with E-state index in [9.17, 15) is 9.59 Å². The minimum absolute atomic E-state index is 0.0910. The third-order valence-electron chi connectivity index (χ3n) is 6.19. The Balaban J connectivity index is 1.66. The molecular weight excluding hydrogens is 440 g/mol. The average molecular weight is 471 g/mol. The lowest BCUT2D eigenvalue weighted by Gasteiger charge is -2.15. The normalized spacial score (nSPS) is 10.9. The summed E-state index contributed by atoms with van der Waals surface area (Å²) in [7, 11) is 3.22. The summed E-state index contributed by atoms with van der Waals surface area (Å²) in [4.78, 5) is 26.6. The number of carbonyl (C=O) groups is 1. The van der Waals surface area contributed by atoms with E-state index >= 15 is 0 Å². The minimum atomic E-state index is -0.253. The van der Waals surface area contributed by atoms with Gasteiger partial charge in [0.25, 0.3) is 5.56 Å². The highest BCUT2D eigenvalue weighted by molar-refractivity contribution is 5.92. The first kappa shape index (κ1) is 24.1. The van der Waals surface area contributed by atoms with Gasteiger partial charge in [-0.05, 0) is 85.2 Å². The topological polar surface area (TPSA) is 69.6 Å². The number of hydrogen-bond donors (Lipinski definition) is 1. The van der Waals surface area contributed by atoms with Gasteiger partial charge >= 0.3 is 0 Å². The van der Waals surface area contributed by atoms with Crippen LogP contribution >= 0.6 is 0 Å². The average Bonchev–Trinajstić information content (AvgIpc) is 2.87. The number of nitrogens with one attached hydrogen (secondary N) is 1. The van der Waals surface area contributed by atoms with Crippen LogP contribution in [0.25, 0.3) is 10.9 Å². The van der Waals surface area contributed by atoms with Gasteiger partial charge in [-0.2, -0.15) is 0 Å². The Morgan fingerprint density at radius 3 is 2.29 bits per heavy atom. The summed E-state index contributed by atoms with van der Waals surface area (Å²) in [6.07, 6.45) is 1.27. The Hall–Kier alpha value is -4.06. The quantitative estimate of drug-likeness (QED) is 0.391. The molecule has 0 bridgehead atoms. The number of fused-ring (bicyclic) bond motifs is 1. The number of carbonyl (C=O) groups excluding carboxylic acids is 1. The number of aromatic nitrogens is 1. The number of ether oxygens (including phenoxy) is 2. The molecule has 0 saturated carbocycles. The van der Waals surface area contributed by atoms with E-state index in [1.165, 1.54) is 0 Å². The van der Waals surface area contributed by atoms with Crippen molar-refractivity contribution in [1.29, 1.82) is 0 Å². The number of amides is 1. The molecule has 3 aromatic carbocycles. The molecule has 0 saturated heterocycles. The maximum atomic E-state index is 13.5. The zero-order valence-corrected chi connectivity index (χ0v) is 20.6. The second-order valence-corrected chi connectivity index (χ2v) is 8.70. The van der Waals surface area contributed by atoms with Crippen molar-refractivity contribution in [3.05, 3.63) is 99.3 Å². The maximum Gasteiger partial charge on any atom is 0.254 e. The van der Waals surface area contributed by atoms with Gasteiger partial charge in [-0.3, -0.25) is 14.2 Å². The summed E-state index contributed by atoms with van der Waals surface area (Å²) in [5.74, 6) is 1.18. The zero-order valence-electron chi connectivity index (χ0n) is 20.6. The molecular formula is C29H30N2O4. The molecule has 1 aromatic heterocycles. The first-order valence-electron chi connectivity index (χ1n) is 11.6. The summed E-state index contributed by atoms with van der Waals surface area (Å²) in [6, 6.07) is 21.2. The van der Waals surface area contributed by atoms with Gasteiger partial charge in [-0.25, -0.2) is 0 Å². The zero-order chi connectivity index (χ0) is 24.9. The third kappa shape index (κ3) is 5.54. The lowest BCUT2D eigenvalue weighted by Crippen LogP contribution is -2.30. The molecule has 0 unspecified atom stereocenters. The fraction of sp³-hybridized carbons (Fsp3) is 0.241. The van der Waals surface area contributed by atoms with E-state index in [1.807, 2.05) is 74.5 Å². The van der Waals surface area contributed by atoms with Crippen LogP contribution in [0.15, 0.2) is 71.5 Å². The molecule has 1 heterocycles. The number of aryl methyl sites for hydroxylation is 4. The Labute approximate surface area is 205 Å². The first-order chi connectivity index (χ1) is 16.9. The number of hydrogen-bond acceptors (Lipinski definition) is 4. The standard InChI is InChI=1S/C29H30N2O4/c1-19-5-6-20(2)26(15-19)30-28(32)18-31-27-17-25(35-4)14-11-22(27)16-23(29(31)33)10-7-21-8-12-24(34-3)13-9-21/h5-6,8-9,11-17H,7,10,18H2,1-4H3,(H,30,32). The smallest absolute Gasteiger partial charge is 0.254 e. The Bertz CT molecular complexity index is 1420. The molecule has 6 nitrogen and oxygen atoms in total. The maximum absolute atomic E-state index is 13.5. The molecule has 6 heteroatoms. The van der Waals surface area contributed by atoms with Gasteiger partial charge in [0, 0.05) is 17.3 Å². The number of rotatable bonds is 8. The van der Waals surface area contributed by atoms with Crippen molar-refractivity contribution in [2.75, 3.05) is 19.5 Å². The highest BCUT2D eigenvalue weighted by Gasteiger charge is 2.14. The number of pyridine rings is 1. The second kappa shape index (κ2) is 10.5. The van der Waals surface area contributed by atoms with Crippen molar-refractivity contribution in [2.24, 2.45) is 0 Å². The van der Waals surface area contributed by atoms with Gasteiger partial charge < -0.3 is 14.8 Å². The van der Waals surface area contributed by atoms with Crippen molar-refractivity contribution in [2.45, 2.75) is 33.2 Å². The van der Waals surface area contributed by atoms with Crippen LogP contribution in [0, 0.1) is 13.8 Å². The summed E-state index contributed by atoms with van der Waals surface area (Å²) in [5.41, 5.74) is 5.04. The largest absolute Gasteiger partial charge is 0.497 e. The Morgan fingerprint density at radius 2 is 1.57 bits per heavy atom. The molecule has 0 radical (unpaired) electrons. The van der Waals surface area contributed by atoms with Crippen molar-refractivity contribution >= 4 is 22.5 Å². The molecule has 4 rings (SSSR count). The molecule has 1 N–H and O–H groups in total. The van der Waals surface area contributed by atoms with Crippen LogP contribution in [0.2, 0.25) is 0 Å². The molecule has 180 valence electrons. The molecule has 0 aliphatic heterocycles. The molecule has 0 fully saturated rings. The molecule has 0 aliphatic rings. The van der Waals surface area contributed by atoms with Gasteiger partial charge in [-0.15, -0.1) is 0 Å². The summed E-state index contributed by atoms with van der Waals surface area (Å²) >= 11 is 0. The number of anilines is 1. The van der Waals surface area contributed by atoms with E-state index < -0.39 is 0 Å². The summed E-state index contributed by atoms with van der Waals surface area (Å²) in [6.45, 7) is 3.83. The van der Waals surface area contributed by atoms with Crippen molar-refractivity contribution in [3.63, 3.8) is 0 Å². The highest BCUT2D eigenvalue weighted by atomic mass is 16.5. The summed E-state index contributed by atoms with van der Waals surface area (Å²) in [5, 5.41) is 3.85. The molecule has 4 aromatic rings. The molecule has 0 spiro atoms. The van der Waals surface area contributed by atoms with Crippen LogP contribution in [0.3, 0.4) is 0 Å². The predicted octanol–water partition coefficient (Wildman–Crippen LogP) is 5.06. The number of methoxy groups -OCH3 is 2.